The maximum atomic E-state index is 12.0. The Labute approximate surface area is 157 Å². The maximum absolute atomic E-state index is 12.0. The molecule has 0 aliphatic heterocycles. The number of rotatable bonds is 2. The molecular formula is C19H14BrN3OS. The van der Waals surface area contributed by atoms with Crippen LogP contribution in [0.15, 0.2) is 68.6 Å². The molecule has 0 bridgehead atoms. The van der Waals surface area contributed by atoms with E-state index in [2.05, 4.69) is 43.6 Å². The van der Waals surface area contributed by atoms with Crippen LogP contribution in [-0.2, 0) is 7.05 Å². The van der Waals surface area contributed by atoms with E-state index >= 15 is 0 Å². The highest BCUT2D eigenvalue weighted by Crippen LogP contribution is 2.23. The van der Waals surface area contributed by atoms with Crippen LogP contribution in [0.3, 0.4) is 0 Å². The van der Waals surface area contributed by atoms with Crippen molar-refractivity contribution in [2.75, 3.05) is 0 Å². The van der Waals surface area contributed by atoms with Gasteiger partial charge < -0.3 is 4.57 Å². The molecule has 3 aromatic rings. The number of hydrogen-bond acceptors (Lipinski definition) is 4. The van der Waals surface area contributed by atoms with Crippen LogP contribution in [0, 0.1) is 0 Å². The summed E-state index contributed by atoms with van der Waals surface area (Å²) < 4.78 is 3.07. The highest BCUT2D eigenvalue weighted by atomic mass is 79.9. The molecule has 4 nitrogen and oxygen atoms in total. The molecule has 1 aliphatic carbocycles. The van der Waals surface area contributed by atoms with Gasteiger partial charge in [0, 0.05) is 28.0 Å². The molecule has 0 fully saturated rings. The molecule has 1 aromatic heterocycles. The first-order chi connectivity index (χ1) is 12.1. The van der Waals surface area contributed by atoms with Gasteiger partial charge in [-0.05, 0) is 17.7 Å². The van der Waals surface area contributed by atoms with Crippen LogP contribution < -0.4 is 4.80 Å². The Kier molecular flexibility index (Phi) is 4.23. The van der Waals surface area contributed by atoms with Crippen molar-refractivity contribution < 1.29 is 4.79 Å². The Morgan fingerprint density at radius 2 is 1.76 bits per heavy atom. The zero-order chi connectivity index (χ0) is 17.4. The van der Waals surface area contributed by atoms with Crippen LogP contribution in [-0.4, -0.2) is 16.1 Å². The topological polar surface area (TPSA) is 46.7 Å². The minimum Gasteiger partial charge on any atom is -0.318 e. The van der Waals surface area contributed by atoms with Gasteiger partial charge in [-0.2, -0.15) is 5.10 Å². The van der Waals surface area contributed by atoms with Crippen LogP contribution in [0.5, 0.6) is 0 Å². The number of Topliss-reactive ketones (excluding diaryl/α,β-unsaturated/α-hetero) is 1. The zero-order valence-electron chi connectivity index (χ0n) is 13.4. The molecule has 4 rings (SSSR count). The quantitative estimate of drug-likeness (QED) is 0.576. The first-order valence-electron chi connectivity index (χ1n) is 7.77. The van der Waals surface area contributed by atoms with Crippen molar-refractivity contribution in [1.29, 1.82) is 0 Å². The Balaban J connectivity index is 1.72. The van der Waals surface area contributed by atoms with Crippen LogP contribution >= 0.6 is 27.3 Å². The zero-order valence-corrected chi connectivity index (χ0v) is 15.8. The third-order valence-corrected chi connectivity index (χ3v) is 5.62. The SMILES string of the molecule is Cn1c(-c2ccc(Br)cc2)csc1=NN=C1CC(=O)c2ccccc21. The number of fused-ring (bicyclic) bond motifs is 1. The van der Waals surface area contributed by atoms with Gasteiger partial charge in [-0.25, -0.2) is 0 Å². The van der Waals surface area contributed by atoms with E-state index < -0.39 is 0 Å². The molecule has 0 amide bonds. The lowest BCUT2D eigenvalue weighted by Gasteiger charge is -2.02. The van der Waals surface area contributed by atoms with Gasteiger partial charge in [0.25, 0.3) is 0 Å². The Morgan fingerprint density at radius 3 is 2.52 bits per heavy atom. The summed E-state index contributed by atoms with van der Waals surface area (Å²) in [6.45, 7) is 0. The first kappa shape index (κ1) is 16.2. The third-order valence-electron chi connectivity index (χ3n) is 4.19. The monoisotopic (exact) mass is 411 g/mol. The van der Waals surface area contributed by atoms with E-state index in [4.69, 9.17) is 0 Å². The maximum Gasteiger partial charge on any atom is 0.210 e. The van der Waals surface area contributed by atoms with E-state index in [0.717, 1.165) is 37.4 Å². The fourth-order valence-corrected chi connectivity index (χ4v) is 3.98. The summed E-state index contributed by atoms with van der Waals surface area (Å²) in [4.78, 5) is 12.8. The van der Waals surface area contributed by atoms with E-state index in [-0.39, 0.29) is 5.78 Å². The summed E-state index contributed by atoms with van der Waals surface area (Å²) in [5, 5.41) is 10.8. The molecule has 0 atom stereocenters. The molecule has 6 heteroatoms. The Bertz CT molecular complexity index is 1060. The number of ketones is 1. The standard InChI is InChI=1S/C19H14BrN3OS/c1-23-17(12-6-8-13(20)9-7-12)11-25-19(23)22-21-16-10-18(24)15-5-3-2-4-14(15)16/h2-9,11H,10H2,1H3. The predicted molar refractivity (Wildman–Crippen MR) is 104 cm³/mol. The fourth-order valence-electron chi connectivity index (χ4n) is 2.86. The molecule has 2 aromatic carbocycles. The van der Waals surface area contributed by atoms with Gasteiger partial charge in [0.15, 0.2) is 5.78 Å². The molecule has 0 N–H and O–H groups in total. The van der Waals surface area contributed by atoms with E-state index in [9.17, 15) is 4.79 Å². The first-order valence-corrected chi connectivity index (χ1v) is 9.44. The average molecular weight is 412 g/mol. The van der Waals surface area contributed by atoms with Crippen LogP contribution in [0.4, 0.5) is 0 Å². The normalized spacial score (nSPS) is 15.8. The number of benzene rings is 2. The summed E-state index contributed by atoms with van der Waals surface area (Å²) >= 11 is 4.99. The van der Waals surface area contributed by atoms with Gasteiger partial charge in [-0.15, -0.1) is 16.4 Å². The number of halogens is 1. The van der Waals surface area contributed by atoms with Gasteiger partial charge in [-0.3, -0.25) is 4.79 Å². The number of carbonyl (C=O) groups excluding carboxylic acids is 1. The minimum absolute atomic E-state index is 0.107. The summed E-state index contributed by atoms with van der Waals surface area (Å²) in [5.41, 5.74) is 4.57. The van der Waals surface area contributed by atoms with Gasteiger partial charge >= 0.3 is 0 Å². The average Bonchev–Trinajstić information content (AvgIpc) is 3.15. The van der Waals surface area contributed by atoms with Crippen molar-refractivity contribution >= 4 is 38.8 Å². The summed E-state index contributed by atoms with van der Waals surface area (Å²) in [5.74, 6) is 0.107. The van der Waals surface area contributed by atoms with E-state index in [1.54, 1.807) is 0 Å². The lowest BCUT2D eigenvalue weighted by molar-refractivity contribution is 0.101. The molecule has 0 unspecified atom stereocenters. The van der Waals surface area contributed by atoms with Crippen molar-refractivity contribution in [3.8, 4) is 11.3 Å². The molecule has 0 saturated carbocycles. The smallest absolute Gasteiger partial charge is 0.210 e. The van der Waals surface area contributed by atoms with Crippen molar-refractivity contribution in [1.82, 2.24) is 4.57 Å². The van der Waals surface area contributed by atoms with Crippen molar-refractivity contribution in [2.24, 2.45) is 17.3 Å². The third kappa shape index (κ3) is 3.03. The summed E-state index contributed by atoms with van der Waals surface area (Å²) in [6, 6.07) is 15.7. The van der Waals surface area contributed by atoms with Gasteiger partial charge in [0.1, 0.15) is 0 Å². The van der Waals surface area contributed by atoms with Crippen molar-refractivity contribution in [2.45, 2.75) is 6.42 Å². The van der Waals surface area contributed by atoms with E-state index in [0.29, 0.717) is 6.42 Å². The molecular weight excluding hydrogens is 398 g/mol. The molecule has 0 radical (unpaired) electrons. The number of nitrogens with zero attached hydrogens (tertiary/aromatic N) is 3. The lowest BCUT2D eigenvalue weighted by Crippen LogP contribution is -2.11. The van der Waals surface area contributed by atoms with E-state index in [1.165, 1.54) is 11.3 Å². The second-order valence-corrected chi connectivity index (χ2v) is 7.51. The second-order valence-electron chi connectivity index (χ2n) is 5.76. The Hall–Kier alpha value is -2.31. The Morgan fingerprint density at radius 1 is 1.04 bits per heavy atom. The minimum atomic E-state index is 0.107. The molecule has 25 heavy (non-hydrogen) atoms. The van der Waals surface area contributed by atoms with Gasteiger partial charge in [-0.1, -0.05) is 52.3 Å². The number of thiazole rings is 1. The summed E-state index contributed by atoms with van der Waals surface area (Å²) in [6.07, 6.45) is 0.317. The highest BCUT2D eigenvalue weighted by molar-refractivity contribution is 9.10. The van der Waals surface area contributed by atoms with Crippen LogP contribution in [0.1, 0.15) is 22.3 Å². The summed E-state index contributed by atoms with van der Waals surface area (Å²) in [7, 11) is 1.97. The van der Waals surface area contributed by atoms with Crippen molar-refractivity contribution in [3.05, 3.63) is 74.3 Å². The van der Waals surface area contributed by atoms with Crippen LogP contribution in [0.2, 0.25) is 0 Å². The molecule has 1 heterocycles. The molecule has 124 valence electrons. The van der Waals surface area contributed by atoms with Gasteiger partial charge in [0.05, 0.1) is 17.8 Å². The number of aromatic nitrogens is 1. The molecule has 0 saturated heterocycles. The number of carbonyl (C=O) groups is 1. The molecule has 1 aliphatic rings. The second kappa shape index (κ2) is 6.54. The van der Waals surface area contributed by atoms with Crippen LogP contribution in [0.25, 0.3) is 11.3 Å². The highest BCUT2D eigenvalue weighted by Gasteiger charge is 2.24. The molecule has 0 spiro atoms. The van der Waals surface area contributed by atoms with E-state index in [1.807, 2.05) is 48.0 Å². The lowest BCUT2D eigenvalue weighted by atomic mass is 10.1. The van der Waals surface area contributed by atoms with Gasteiger partial charge in [0.2, 0.25) is 4.80 Å². The predicted octanol–water partition coefficient (Wildman–Crippen LogP) is 4.41. The fraction of sp³-hybridized carbons (Fsp3) is 0.105. The largest absolute Gasteiger partial charge is 0.318 e. The number of hydrogen-bond donors (Lipinski definition) is 0. The van der Waals surface area contributed by atoms with Crippen molar-refractivity contribution in [3.63, 3.8) is 0 Å².